The number of ketones is 1. The number of esters is 1. The summed E-state index contributed by atoms with van der Waals surface area (Å²) in [5.41, 5.74) is 5.46. The number of methoxy groups -OCH3 is 1. The summed E-state index contributed by atoms with van der Waals surface area (Å²) >= 11 is 0. The number of benzene rings is 1. The first-order valence-corrected chi connectivity index (χ1v) is 5.91. The number of carbonyl (C=O) groups is 3. The van der Waals surface area contributed by atoms with Gasteiger partial charge in [-0.15, -0.1) is 0 Å². The highest BCUT2D eigenvalue weighted by Crippen LogP contribution is 2.13. The molecule has 0 aliphatic carbocycles. The van der Waals surface area contributed by atoms with Crippen molar-refractivity contribution >= 4 is 17.7 Å². The van der Waals surface area contributed by atoms with E-state index in [0.29, 0.717) is 0 Å². The zero-order valence-corrected chi connectivity index (χ0v) is 11.8. The minimum Gasteiger partial charge on any atom is -0.475 e. The standard InChI is InChI=1S/C11H12FNO3.C2HF3O2/c1-16-11(15)8-3-2-7(10(12)5-8)4-9(14)6-13;3-2(4,5)1(6)7/h2-3,5H,4,6,13H2,1H3;(H,6,7). The number of nitrogens with two attached hydrogens (primary N) is 1. The van der Waals surface area contributed by atoms with Crippen molar-refractivity contribution in [1.82, 2.24) is 0 Å². The third-order valence-electron chi connectivity index (χ3n) is 2.33. The number of aliphatic carboxylic acids is 1. The van der Waals surface area contributed by atoms with E-state index in [9.17, 15) is 27.2 Å². The molecule has 0 aliphatic rings. The molecule has 0 aliphatic heterocycles. The van der Waals surface area contributed by atoms with E-state index in [1.807, 2.05) is 0 Å². The van der Waals surface area contributed by atoms with Crippen LogP contribution in [0.5, 0.6) is 0 Å². The molecule has 128 valence electrons. The van der Waals surface area contributed by atoms with Crippen molar-refractivity contribution in [2.45, 2.75) is 12.6 Å². The second-order valence-electron chi connectivity index (χ2n) is 4.02. The molecule has 0 spiro atoms. The molecular formula is C13H13F4NO5. The Labute approximate surface area is 127 Å². The Kier molecular flexibility index (Phi) is 7.88. The van der Waals surface area contributed by atoms with E-state index in [1.165, 1.54) is 19.2 Å². The number of rotatable bonds is 4. The van der Waals surface area contributed by atoms with Crippen LogP contribution in [0.3, 0.4) is 0 Å². The largest absolute Gasteiger partial charge is 0.490 e. The summed E-state index contributed by atoms with van der Waals surface area (Å²) in [6.07, 6.45) is -5.15. The summed E-state index contributed by atoms with van der Waals surface area (Å²) in [5, 5.41) is 7.12. The highest BCUT2D eigenvalue weighted by molar-refractivity contribution is 5.89. The van der Waals surface area contributed by atoms with Gasteiger partial charge in [-0.1, -0.05) is 6.07 Å². The van der Waals surface area contributed by atoms with Crippen LogP contribution in [0.25, 0.3) is 0 Å². The Morgan fingerprint density at radius 1 is 1.26 bits per heavy atom. The smallest absolute Gasteiger partial charge is 0.475 e. The van der Waals surface area contributed by atoms with Crippen molar-refractivity contribution in [3.8, 4) is 0 Å². The molecule has 0 atom stereocenters. The number of carbonyl (C=O) groups excluding carboxylic acids is 2. The summed E-state index contributed by atoms with van der Waals surface area (Å²) in [6.45, 7) is -0.127. The molecule has 10 heteroatoms. The average molecular weight is 339 g/mol. The van der Waals surface area contributed by atoms with Crippen LogP contribution in [-0.2, 0) is 20.7 Å². The normalized spacial score (nSPS) is 10.3. The van der Waals surface area contributed by atoms with Gasteiger partial charge in [0.05, 0.1) is 19.2 Å². The van der Waals surface area contributed by atoms with E-state index < -0.39 is 23.9 Å². The van der Waals surface area contributed by atoms with Gasteiger partial charge in [-0.2, -0.15) is 13.2 Å². The predicted molar refractivity (Wildman–Crippen MR) is 69.2 cm³/mol. The number of halogens is 4. The summed E-state index contributed by atoms with van der Waals surface area (Å²) in [5.74, 6) is -4.24. The molecule has 0 radical (unpaired) electrons. The van der Waals surface area contributed by atoms with E-state index in [2.05, 4.69) is 4.74 Å². The van der Waals surface area contributed by atoms with Gasteiger partial charge in [0.1, 0.15) is 5.82 Å². The van der Waals surface area contributed by atoms with Crippen molar-refractivity contribution in [3.05, 3.63) is 35.1 Å². The van der Waals surface area contributed by atoms with E-state index >= 15 is 0 Å². The molecular weight excluding hydrogens is 326 g/mol. The predicted octanol–water partition coefficient (Wildman–Crippen LogP) is 1.32. The third kappa shape index (κ3) is 7.36. The van der Waals surface area contributed by atoms with Crippen LogP contribution < -0.4 is 5.73 Å². The van der Waals surface area contributed by atoms with Crippen LogP contribution in [0, 0.1) is 5.82 Å². The Bertz CT molecular complexity index is 586. The van der Waals surface area contributed by atoms with Crippen LogP contribution in [0.1, 0.15) is 15.9 Å². The molecule has 0 unspecified atom stereocenters. The van der Waals surface area contributed by atoms with Crippen molar-refractivity contribution in [2.24, 2.45) is 5.73 Å². The second kappa shape index (κ2) is 8.83. The van der Waals surface area contributed by atoms with Gasteiger partial charge >= 0.3 is 18.1 Å². The SMILES string of the molecule is COC(=O)c1ccc(CC(=O)CN)c(F)c1.O=C(O)C(F)(F)F. The maximum Gasteiger partial charge on any atom is 0.490 e. The maximum atomic E-state index is 13.4. The van der Waals surface area contributed by atoms with Crippen LogP contribution in [0.4, 0.5) is 17.6 Å². The highest BCUT2D eigenvalue weighted by Gasteiger charge is 2.38. The van der Waals surface area contributed by atoms with Crippen LogP contribution in [-0.4, -0.2) is 42.7 Å². The lowest BCUT2D eigenvalue weighted by Gasteiger charge is -2.04. The minimum atomic E-state index is -5.08. The van der Waals surface area contributed by atoms with E-state index in [-0.39, 0.29) is 29.9 Å². The molecule has 1 aromatic carbocycles. The summed E-state index contributed by atoms with van der Waals surface area (Å²) in [4.78, 5) is 31.0. The Balaban J connectivity index is 0.000000585. The maximum absolute atomic E-state index is 13.4. The van der Waals surface area contributed by atoms with Gasteiger partial charge in [0.2, 0.25) is 0 Å². The van der Waals surface area contributed by atoms with Gasteiger partial charge in [-0.25, -0.2) is 14.0 Å². The number of carboxylic acids is 1. The zero-order valence-electron chi connectivity index (χ0n) is 11.8. The zero-order chi connectivity index (χ0) is 18.2. The van der Waals surface area contributed by atoms with Crippen LogP contribution in [0.15, 0.2) is 18.2 Å². The number of Topliss-reactive ketones (excluding diaryl/α,β-unsaturated/α-hetero) is 1. The number of ether oxygens (including phenoxy) is 1. The molecule has 3 N–H and O–H groups in total. The Morgan fingerprint density at radius 2 is 1.78 bits per heavy atom. The molecule has 0 saturated carbocycles. The molecule has 0 bridgehead atoms. The van der Waals surface area contributed by atoms with Crippen molar-refractivity contribution < 1.29 is 41.8 Å². The fourth-order valence-corrected chi connectivity index (χ4v) is 1.22. The third-order valence-corrected chi connectivity index (χ3v) is 2.33. The quantitative estimate of drug-likeness (QED) is 0.633. The first kappa shape index (κ1) is 20.5. The fourth-order valence-electron chi connectivity index (χ4n) is 1.22. The summed E-state index contributed by atoms with van der Waals surface area (Å²) in [7, 11) is 1.21. The van der Waals surface area contributed by atoms with Crippen molar-refractivity contribution in [2.75, 3.05) is 13.7 Å². The van der Waals surface area contributed by atoms with Crippen LogP contribution >= 0.6 is 0 Å². The van der Waals surface area contributed by atoms with Crippen molar-refractivity contribution in [1.29, 1.82) is 0 Å². The van der Waals surface area contributed by atoms with Gasteiger partial charge in [0, 0.05) is 6.42 Å². The average Bonchev–Trinajstić information content (AvgIpc) is 2.47. The molecule has 23 heavy (non-hydrogen) atoms. The summed E-state index contributed by atoms with van der Waals surface area (Å²) < 4.78 is 49.6. The van der Waals surface area contributed by atoms with Crippen LogP contribution in [0.2, 0.25) is 0 Å². The molecule has 0 amide bonds. The molecule has 0 saturated heterocycles. The van der Waals surface area contributed by atoms with Gasteiger partial charge < -0.3 is 15.6 Å². The number of hydrogen-bond acceptors (Lipinski definition) is 5. The number of carboxylic acid groups (broad SMARTS) is 1. The highest BCUT2D eigenvalue weighted by atomic mass is 19.4. The molecule has 0 fully saturated rings. The monoisotopic (exact) mass is 339 g/mol. The lowest BCUT2D eigenvalue weighted by atomic mass is 10.1. The Morgan fingerprint density at radius 3 is 2.13 bits per heavy atom. The first-order valence-electron chi connectivity index (χ1n) is 5.91. The Hall–Kier alpha value is -2.49. The molecule has 1 aromatic rings. The number of alkyl halides is 3. The fraction of sp³-hybridized carbons (Fsp3) is 0.308. The molecule has 1 rings (SSSR count). The van der Waals surface area contributed by atoms with Gasteiger partial charge in [-0.05, 0) is 17.7 Å². The van der Waals surface area contributed by atoms with E-state index in [4.69, 9.17) is 15.6 Å². The first-order chi connectivity index (χ1) is 10.5. The number of hydrogen-bond donors (Lipinski definition) is 2. The van der Waals surface area contributed by atoms with Crippen molar-refractivity contribution in [3.63, 3.8) is 0 Å². The van der Waals surface area contributed by atoms with Gasteiger partial charge in [0.15, 0.2) is 5.78 Å². The van der Waals surface area contributed by atoms with E-state index in [0.717, 1.165) is 6.07 Å². The van der Waals surface area contributed by atoms with Gasteiger partial charge in [-0.3, -0.25) is 4.79 Å². The molecule has 0 aromatic heterocycles. The second-order valence-corrected chi connectivity index (χ2v) is 4.02. The molecule has 6 nitrogen and oxygen atoms in total. The molecule has 0 heterocycles. The summed E-state index contributed by atoms with van der Waals surface area (Å²) in [6, 6.07) is 3.84. The van der Waals surface area contributed by atoms with E-state index in [1.54, 1.807) is 0 Å². The lowest BCUT2D eigenvalue weighted by molar-refractivity contribution is -0.192. The van der Waals surface area contributed by atoms with Gasteiger partial charge in [0.25, 0.3) is 0 Å². The lowest BCUT2D eigenvalue weighted by Crippen LogP contribution is -2.21. The minimum absolute atomic E-state index is 0.0657. The topological polar surface area (TPSA) is 107 Å².